The summed E-state index contributed by atoms with van der Waals surface area (Å²) in [5.41, 5.74) is 4.91. The molecule has 0 saturated carbocycles. The molecule has 124 valence electrons. The number of alkyl halides is 3. The Hall–Kier alpha value is -0.860. The van der Waals surface area contributed by atoms with Crippen LogP contribution in [0.25, 0.3) is 0 Å². The molecule has 0 radical (unpaired) electrons. The minimum absolute atomic E-state index is 0.0735. The molecule has 1 amide bonds. The third kappa shape index (κ3) is 7.10. The van der Waals surface area contributed by atoms with Gasteiger partial charge < -0.3 is 15.4 Å². The Morgan fingerprint density at radius 2 is 1.76 bits per heavy atom. The van der Waals surface area contributed by atoms with Gasteiger partial charge in [0.05, 0.1) is 5.54 Å². The summed E-state index contributed by atoms with van der Waals surface area (Å²) in [6.45, 7) is 5.55. The molecule has 1 aliphatic heterocycles. The topological polar surface area (TPSA) is 58.8 Å². The van der Waals surface area contributed by atoms with E-state index in [4.69, 9.17) is 5.73 Å². The normalized spacial score (nSPS) is 18.1. The smallest absolute Gasteiger partial charge is 0.372 e. The maximum atomic E-state index is 12.0. The third-order valence-corrected chi connectivity index (χ3v) is 3.24. The third-order valence-electron chi connectivity index (χ3n) is 3.24. The van der Waals surface area contributed by atoms with Gasteiger partial charge in [0.15, 0.2) is 0 Å². The molecular weight excluding hydrogens is 287 g/mol. The highest BCUT2D eigenvalue weighted by atomic mass is 19.4. The predicted molar refractivity (Wildman–Crippen MR) is 72.8 cm³/mol. The van der Waals surface area contributed by atoms with Crippen molar-refractivity contribution in [2.24, 2.45) is 5.73 Å². The number of rotatable bonds is 6. The lowest BCUT2D eigenvalue weighted by molar-refractivity contribution is -0.174. The number of nitrogens with zero attached hydrogens (tertiary/aromatic N) is 2. The number of halogens is 3. The fourth-order valence-electron chi connectivity index (χ4n) is 2.16. The van der Waals surface area contributed by atoms with Crippen LogP contribution in [0.15, 0.2) is 0 Å². The van der Waals surface area contributed by atoms with Gasteiger partial charge >= 0.3 is 6.18 Å². The molecule has 0 spiro atoms. The van der Waals surface area contributed by atoms with Gasteiger partial charge in [-0.25, -0.2) is 0 Å². The first kappa shape index (κ1) is 18.2. The Labute approximate surface area is 123 Å². The van der Waals surface area contributed by atoms with Crippen LogP contribution in [-0.2, 0) is 9.53 Å². The van der Waals surface area contributed by atoms with Crippen molar-refractivity contribution in [3.63, 3.8) is 0 Å². The van der Waals surface area contributed by atoms with Gasteiger partial charge in [-0.1, -0.05) is 0 Å². The zero-order valence-corrected chi connectivity index (χ0v) is 12.6. The lowest BCUT2D eigenvalue weighted by Gasteiger charge is -2.37. The number of carbonyl (C=O) groups is 1. The molecule has 1 aliphatic rings. The van der Waals surface area contributed by atoms with E-state index in [1.165, 1.54) is 0 Å². The van der Waals surface area contributed by atoms with Gasteiger partial charge in [0.1, 0.15) is 6.61 Å². The number of carbonyl (C=O) groups excluding carboxylic acids is 1. The van der Waals surface area contributed by atoms with Crippen molar-refractivity contribution in [2.75, 3.05) is 45.9 Å². The molecule has 21 heavy (non-hydrogen) atoms. The summed E-state index contributed by atoms with van der Waals surface area (Å²) < 4.78 is 40.2. The zero-order valence-electron chi connectivity index (χ0n) is 12.6. The number of hydrogen-bond donors (Lipinski definition) is 1. The van der Waals surface area contributed by atoms with E-state index in [9.17, 15) is 18.0 Å². The number of piperazine rings is 1. The summed E-state index contributed by atoms with van der Waals surface area (Å²) in [5.74, 6) is -0.0735. The molecule has 0 bridgehead atoms. The second-order valence-corrected chi connectivity index (χ2v) is 5.88. The van der Waals surface area contributed by atoms with Gasteiger partial charge in [0.25, 0.3) is 0 Å². The van der Waals surface area contributed by atoms with Crippen molar-refractivity contribution in [2.45, 2.75) is 32.0 Å². The van der Waals surface area contributed by atoms with Crippen molar-refractivity contribution in [3.05, 3.63) is 0 Å². The summed E-state index contributed by atoms with van der Waals surface area (Å²) in [6, 6.07) is 0. The Morgan fingerprint density at radius 3 is 2.24 bits per heavy atom. The van der Waals surface area contributed by atoms with E-state index >= 15 is 0 Å². The van der Waals surface area contributed by atoms with E-state index in [0.717, 1.165) is 0 Å². The molecule has 2 N–H and O–H groups in total. The maximum Gasteiger partial charge on any atom is 0.411 e. The fraction of sp³-hybridized carbons (Fsp3) is 0.923. The molecule has 0 aliphatic carbocycles. The monoisotopic (exact) mass is 311 g/mol. The number of amides is 1. The predicted octanol–water partition coefficient (Wildman–Crippen LogP) is 0.837. The molecule has 0 aromatic rings. The first-order valence-electron chi connectivity index (χ1n) is 7.05. The summed E-state index contributed by atoms with van der Waals surface area (Å²) in [5, 5.41) is 0. The second kappa shape index (κ2) is 7.42. The number of nitrogens with two attached hydrogens (primary N) is 1. The van der Waals surface area contributed by atoms with E-state index in [0.29, 0.717) is 39.1 Å². The van der Waals surface area contributed by atoms with Crippen LogP contribution in [0.3, 0.4) is 0 Å². The van der Waals surface area contributed by atoms with Crippen molar-refractivity contribution >= 4 is 5.91 Å². The van der Waals surface area contributed by atoms with E-state index in [2.05, 4.69) is 9.64 Å². The summed E-state index contributed by atoms with van der Waals surface area (Å²) in [4.78, 5) is 15.8. The van der Waals surface area contributed by atoms with Crippen molar-refractivity contribution in [1.29, 1.82) is 0 Å². The summed E-state index contributed by atoms with van der Waals surface area (Å²) in [7, 11) is 0. The van der Waals surface area contributed by atoms with Crippen LogP contribution >= 0.6 is 0 Å². The molecule has 1 fully saturated rings. The average molecular weight is 311 g/mol. The molecule has 1 heterocycles. The Morgan fingerprint density at radius 1 is 1.19 bits per heavy atom. The zero-order chi connectivity index (χ0) is 16.1. The first-order chi connectivity index (χ1) is 9.59. The van der Waals surface area contributed by atoms with Gasteiger partial charge in [-0.3, -0.25) is 9.69 Å². The fourth-order valence-corrected chi connectivity index (χ4v) is 2.16. The maximum absolute atomic E-state index is 12.0. The number of ether oxygens (including phenoxy) is 1. The van der Waals surface area contributed by atoms with Crippen molar-refractivity contribution < 1.29 is 22.7 Å². The largest absolute Gasteiger partial charge is 0.411 e. The highest BCUT2D eigenvalue weighted by Gasteiger charge is 2.30. The van der Waals surface area contributed by atoms with E-state index < -0.39 is 18.3 Å². The van der Waals surface area contributed by atoms with Gasteiger partial charge in [-0.2, -0.15) is 13.2 Å². The molecule has 1 rings (SSSR count). The van der Waals surface area contributed by atoms with E-state index in [1.807, 2.05) is 0 Å². The quantitative estimate of drug-likeness (QED) is 0.739. The van der Waals surface area contributed by atoms with Crippen LogP contribution in [0.5, 0.6) is 0 Å². The standard InChI is InChI=1S/C13H24F3N3O2/c1-12(2,17)11(20)19-7-5-18(6-8-19)4-3-9-21-10-13(14,15)16/h3-10,17H2,1-2H3. The molecule has 8 heteroatoms. The lowest BCUT2D eigenvalue weighted by Crippen LogP contribution is -2.57. The average Bonchev–Trinajstić information content (AvgIpc) is 2.36. The summed E-state index contributed by atoms with van der Waals surface area (Å²) in [6.07, 6.45) is -3.71. The van der Waals surface area contributed by atoms with Crippen molar-refractivity contribution in [3.8, 4) is 0 Å². The Kier molecular flexibility index (Phi) is 6.42. The van der Waals surface area contributed by atoms with Gasteiger partial charge in [-0.05, 0) is 20.3 Å². The molecule has 0 aromatic heterocycles. The van der Waals surface area contributed by atoms with Crippen LogP contribution in [-0.4, -0.2) is 73.4 Å². The minimum Gasteiger partial charge on any atom is -0.372 e. The van der Waals surface area contributed by atoms with E-state index in [1.54, 1.807) is 18.7 Å². The van der Waals surface area contributed by atoms with Crippen LogP contribution in [0.2, 0.25) is 0 Å². The molecular formula is C13H24F3N3O2. The lowest BCUT2D eigenvalue weighted by atomic mass is 10.0. The molecule has 0 atom stereocenters. The van der Waals surface area contributed by atoms with Gasteiger partial charge in [0, 0.05) is 39.3 Å². The second-order valence-electron chi connectivity index (χ2n) is 5.88. The molecule has 5 nitrogen and oxygen atoms in total. The van der Waals surface area contributed by atoms with Crippen molar-refractivity contribution in [1.82, 2.24) is 9.80 Å². The molecule has 0 aromatic carbocycles. The first-order valence-corrected chi connectivity index (χ1v) is 7.05. The van der Waals surface area contributed by atoms with Crippen LogP contribution in [0, 0.1) is 0 Å². The van der Waals surface area contributed by atoms with Gasteiger partial charge in [-0.15, -0.1) is 0 Å². The number of hydrogen-bond acceptors (Lipinski definition) is 4. The van der Waals surface area contributed by atoms with E-state index in [-0.39, 0.29) is 12.5 Å². The Balaban J connectivity index is 2.15. The highest BCUT2D eigenvalue weighted by Crippen LogP contribution is 2.14. The minimum atomic E-state index is -4.26. The molecule has 0 unspecified atom stereocenters. The highest BCUT2D eigenvalue weighted by molar-refractivity contribution is 5.85. The SMILES string of the molecule is CC(C)(N)C(=O)N1CCN(CCCOCC(F)(F)F)CC1. The summed E-state index contributed by atoms with van der Waals surface area (Å²) >= 11 is 0. The Bertz CT molecular complexity index is 335. The van der Waals surface area contributed by atoms with Crippen LogP contribution in [0.4, 0.5) is 13.2 Å². The van der Waals surface area contributed by atoms with Crippen LogP contribution in [0.1, 0.15) is 20.3 Å². The van der Waals surface area contributed by atoms with Crippen LogP contribution < -0.4 is 5.73 Å². The van der Waals surface area contributed by atoms with Gasteiger partial charge in [0.2, 0.25) is 5.91 Å². The molecule has 1 saturated heterocycles.